The standard InChI is InChI=1S/C21H16BrCl2F3N2O3S/c1-10-4-11(2-3-16(10)19(30)28-15-8-33(31)9-15)17-18(22)20(32-29-17,21(25,26)27)12-5-13(23)7-14(24)6-12/h2-7,15,18H,8-9H2,1H3,(H,28,30). The predicted octanol–water partition coefficient (Wildman–Crippen LogP) is 5.12. The van der Waals surface area contributed by atoms with E-state index in [0.29, 0.717) is 28.2 Å². The van der Waals surface area contributed by atoms with E-state index in [9.17, 15) is 22.2 Å². The van der Waals surface area contributed by atoms with Gasteiger partial charge in [0.05, 0.1) is 6.04 Å². The highest BCUT2D eigenvalue weighted by molar-refractivity contribution is 9.10. The van der Waals surface area contributed by atoms with Crippen LogP contribution >= 0.6 is 39.1 Å². The van der Waals surface area contributed by atoms with Gasteiger partial charge in [0.25, 0.3) is 11.5 Å². The second-order valence-corrected chi connectivity index (χ2v) is 11.1. The van der Waals surface area contributed by atoms with Gasteiger partial charge in [-0.05, 0) is 42.8 Å². The molecule has 2 aliphatic rings. The third-order valence-electron chi connectivity index (χ3n) is 5.47. The van der Waals surface area contributed by atoms with Crippen LogP contribution in [0.5, 0.6) is 0 Å². The zero-order valence-corrected chi connectivity index (χ0v) is 20.8. The summed E-state index contributed by atoms with van der Waals surface area (Å²) < 4.78 is 54.3. The highest BCUT2D eigenvalue weighted by Gasteiger charge is 2.67. The highest BCUT2D eigenvalue weighted by atomic mass is 79.9. The molecule has 176 valence electrons. The lowest BCUT2D eigenvalue weighted by atomic mass is 9.86. The smallest absolute Gasteiger partial charge is 0.373 e. The number of amides is 1. The van der Waals surface area contributed by atoms with E-state index in [4.69, 9.17) is 28.0 Å². The fourth-order valence-electron chi connectivity index (χ4n) is 3.76. The molecule has 2 unspecified atom stereocenters. The van der Waals surface area contributed by atoms with Crippen LogP contribution < -0.4 is 5.32 Å². The molecule has 0 saturated carbocycles. The van der Waals surface area contributed by atoms with Crippen LogP contribution in [0.2, 0.25) is 10.0 Å². The Morgan fingerprint density at radius 2 is 1.85 bits per heavy atom. The molecule has 0 radical (unpaired) electrons. The van der Waals surface area contributed by atoms with Crippen LogP contribution in [0.25, 0.3) is 0 Å². The van der Waals surface area contributed by atoms with Crippen molar-refractivity contribution in [2.24, 2.45) is 5.16 Å². The van der Waals surface area contributed by atoms with Gasteiger partial charge in [0, 0.05) is 49.0 Å². The first kappa shape index (κ1) is 24.5. The molecule has 0 bridgehead atoms. The summed E-state index contributed by atoms with van der Waals surface area (Å²) in [5.74, 6) is 0.490. The van der Waals surface area contributed by atoms with Crippen LogP contribution in [0.3, 0.4) is 0 Å². The van der Waals surface area contributed by atoms with E-state index in [0.717, 1.165) is 12.1 Å². The topological polar surface area (TPSA) is 67.8 Å². The number of oxime groups is 1. The molecular formula is C21H16BrCl2F3N2O3S. The average molecular weight is 584 g/mol. The molecule has 0 aromatic heterocycles. The van der Waals surface area contributed by atoms with Crippen LogP contribution in [0.1, 0.15) is 27.0 Å². The molecule has 33 heavy (non-hydrogen) atoms. The van der Waals surface area contributed by atoms with Gasteiger partial charge in [0.2, 0.25) is 0 Å². The molecule has 2 heterocycles. The van der Waals surface area contributed by atoms with Gasteiger partial charge in [-0.1, -0.05) is 50.4 Å². The number of rotatable bonds is 4. The Morgan fingerprint density at radius 1 is 1.21 bits per heavy atom. The van der Waals surface area contributed by atoms with E-state index in [1.807, 2.05) is 0 Å². The van der Waals surface area contributed by atoms with E-state index in [1.165, 1.54) is 18.2 Å². The summed E-state index contributed by atoms with van der Waals surface area (Å²) in [6.07, 6.45) is -4.86. The lowest BCUT2D eigenvalue weighted by Crippen LogP contribution is -2.50. The number of carbonyl (C=O) groups is 1. The monoisotopic (exact) mass is 582 g/mol. The number of carbonyl (C=O) groups excluding carboxylic acids is 1. The van der Waals surface area contributed by atoms with Crippen molar-refractivity contribution in [1.82, 2.24) is 5.32 Å². The Morgan fingerprint density at radius 3 is 2.39 bits per heavy atom. The van der Waals surface area contributed by atoms with Crippen molar-refractivity contribution >= 4 is 61.6 Å². The summed E-state index contributed by atoms with van der Waals surface area (Å²) in [5, 5.41) is 6.62. The lowest BCUT2D eigenvalue weighted by Gasteiger charge is -2.33. The number of nitrogens with one attached hydrogen (secondary N) is 1. The molecule has 0 aliphatic carbocycles. The SMILES string of the molecule is Cc1cc(C2=NOC(c3cc(Cl)cc(Cl)c3)(C(F)(F)F)C2Br)ccc1C(=O)NC1CS(=O)C1. The van der Waals surface area contributed by atoms with Gasteiger partial charge in [-0.25, -0.2) is 0 Å². The van der Waals surface area contributed by atoms with E-state index < -0.39 is 27.4 Å². The molecule has 1 fully saturated rings. The minimum atomic E-state index is -4.86. The number of hydrogen-bond acceptors (Lipinski definition) is 4. The Bertz CT molecular complexity index is 1170. The number of alkyl halides is 4. The van der Waals surface area contributed by atoms with Crippen molar-refractivity contribution in [3.05, 3.63) is 68.7 Å². The molecule has 1 amide bonds. The van der Waals surface area contributed by atoms with Crippen molar-refractivity contribution in [3.8, 4) is 0 Å². The van der Waals surface area contributed by atoms with Gasteiger partial charge >= 0.3 is 6.18 Å². The summed E-state index contributed by atoms with van der Waals surface area (Å²) in [7, 11) is -0.902. The lowest BCUT2D eigenvalue weighted by molar-refractivity contribution is -0.273. The zero-order chi connectivity index (χ0) is 24.1. The number of benzene rings is 2. The second-order valence-electron chi connectivity index (χ2n) is 7.80. The number of aryl methyl sites for hydroxylation is 1. The van der Waals surface area contributed by atoms with Gasteiger partial charge in [0.15, 0.2) is 0 Å². The summed E-state index contributed by atoms with van der Waals surface area (Å²) in [6.45, 7) is 1.67. The van der Waals surface area contributed by atoms with Crippen molar-refractivity contribution in [3.63, 3.8) is 0 Å². The van der Waals surface area contributed by atoms with Gasteiger partial charge in [-0.2, -0.15) is 13.2 Å². The third-order valence-corrected chi connectivity index (χ3v) is 8.54. The minimum absolute atomic E-state index is 0.00729. The molecule has 1 N–H and O–H groups in total. The first-order chi connectivity index (χ1) is 15.4. The summed E-state index contributed by atoms with van der Waals surface area (Å²) >= 11 is 15.1. The quantitative estimate of drug-likeness (QED) is 0.508. The first-order valence-corrected chi connectivity index (χ1v) is 12.8. The largest absolute Gasteiger partial charge is 0.436 e. The fraction of sp³-hybridized carbons (Fsp3) is 0.333. The van der Waals surface area contributed by atoms with Crippen LogP contribution in [-0.2, 0) is 21.2 Å². The summed E-state index contributed by atoms with van der Waals surface area (Å²) in [6, 6.07) is 8.05. The summed E-state index contributed by atoms with van der Waals surface area (Å²) in [4.78, 5) is 16.2. The van der Waals surface area contributed by atoms with Crippen molar-refractivity contribution in [1.29, 1.82) is 0 Å². The van der Waals surface area contributed by atoms with E-state index in [2.05, 4.69) is 26.4 Å². The Hall–Kier alpha value is -1.62. The van der Waals surface area contributed by atoms with Crippen molar-refractivity contribution in [2.45, 2.75) is 29.6 Å². The van der Waals surface area contributed by atoms with E-state index >= 15 is 0 Å². The Kier molecular flexibility index (Phi) is 6.58. The van der Waals surface area contributed by atoms with Gasteiger partial charge in [-0.15, -0.1) is 0 Å². The van der Waals surface area contributed by atoms with Crippen LogP contribution in [0.15, 0.2) is 41.6 Å². The molecule has 0 spiro atoms. The maximum Gasteiger partial charge on any atom is 0.436 e. The number of nitrogens with zero attached hydrogens (tertiary/aromatic N) is 1. The van der Waals surface area contributed by atoms with Crippen molar-refractivity contribution < 1.29 is 27.0 Å². The summed E-state index contributed by atoms with van der Waals surface area (Å²) in [5.41, 5.74) is -1.86. The molecule has 2 aromatic rings. The molecule has 2 aromatic carbocycles. The second kappa shape index (κ2) is 8.87. The number of hydrogen-bond donors (Lipinski definition) is 1. The van der Waals surface area contributed by atoms with Gasteiger partial charge in [0.1, 0.15) is 10.5 Å². The Labute approximate surface area is 208 Å². The van der Waals surface area contributed by atoms with Crippen molar-refractivity contribution in [2.75, 3.05) is 11.5 Å². The maximum atomic E-state index is 14.4. The molecule has 5 nitrogen and oxygen atoms in total. The first-order valence-electron chi connectivity index (χ1n) is 9.62. The molecule has 2 aliphatic heterocycles. The highest BCUT2D eigenvalue weighted by Crippen LogP contribution is 2.52. The maximum absolute atomic E-state index is 14.4. The zero-order valence-electron chi connectivity index (χ0n) is 16.9. The van der Waals surface area contributed by atoms with E-state index in [-0.39, 0.29) is 33.3 Å². The molecule has 4 rings (SSSR count). The Balaban J connectivity index is 1.64. The molecule has 12 heteroatoms. The van der Waals surface area contributed by atoms with Gasteiger partial charge in [-0.3, -0.25) is 9.00 Å². The molecule has 2 atom stereocenters. The van der Waals surface area contributed by atoms with Crippen LogP contribution in [0, 0.1) is 6.92 Å². The van der Waals surface area contributed by atoms with E-state index in [1.54, 1.807) is 13.0 Å². The predicted molar refractivity (Wildman–Crippen MR) is 125 cm³/mol. The average Bonchev–Trinajstić information content (AvgIpc) is 3.04. The minimum Gasteiger partial charge on any atom is -0.373 e. The fourth-order valence-corrected chi connectivity index (χ4v) is 6.20. The third kappa shape index (κ3) is 4.42. The van der Waals surface area contributed by atoms with Gasteiger partial charge < -0.3 is 10.2 Å². The normalized spacial score (nSPS) is 26.9. The molecule has 1 saturated heterocycles. The number of halogens is 6. The van der Waals surface area contributed by atoms with Crippen LogP contribution in [-0.4, -0.2) is 44.4 Å². The van der Waals surface area contributed by atoms with Crippen LogP contribution in [0.4, 0.5) is 13.2 Å². The molecular weight excluding hydrogens is 568 g/mol.